The van der Waals surface area contributed by atoms with Crippen LogP contribution in [0.4, 0.5) is 0 Å². The molecule has 0 unspecified atom stereocenters. The highest BCUT2D eigenvalue weighted by molar-refractivity contribution is 5.92. The fraction of sp³-hybridized carbons (Fsp3) is 0.0800. The van der Waals surface area contributed by atoms with Crippen LogP contribution in [0.5, 0.6) is 5.75 Å². The molecule has 0 aliphatic heterocycles. The first-order valence-electron chi connectivity index (χ1n) is 9.39. The molecule has 0 saturated carbocycles. The van der Waals surface area contributed by atoms with Gasteiger partial charge in [0.1, 0.15) is 17.1 Å². The number of amides is 1. The summed E-state index contributed by atoms with van der Waals surface area (Å²) in [7, 11) is 1.63. The molecule has 4 rings (SSSR count). The third-order valence-electron chi connectivity index (χ3n) is 4.69. The van der Waals surface area contributed by atoms with Gasteiger partial charge in [0.05, 0.1) is 13.2 Å². The highest BCUT2D eigenvalue weighted by Crippen LogP contribution is 2.25. The summed E-state index contributed by atoms with van der Waals surface area (Å²) in [5.74, 6) is 1.18. The molecule has 0 fully saturated rings. The molecule has 144 valence electrons. The molecule has 4 heteroatoms. The first kappa shape index (κ1) is 18.6. The van der Waals surface area contributed by atoms with Crippen molar-refractivity contribution in [2.24, 2.45) is 0 Å². The van der Waals surface area contributed by atoms with Crippen molar-refractivity contribution in [2.45, 2.75) is 6.04 Å². The molecular formula is C25H21NO3. The topological polar surface area (TPSA) is 51.5 Å². The number of rotatable bonds is 6. The third-order valence-corrected chi connectivity index (χ3v) is 4.69. The minimum atomic E-state index is -0.227. The predicted octanol–water partition coefficient (Wildman–Crippen LogP) is 5.36. The van der Waals surface area contributed by atoms with Crippen molar-refractivity contribution in [3.63, 3.8) is 0 Å². The Morgan fingerprint density at radius 2 is 1.59 bits per heavy atom. The van der Waals surface area contributed by atoms with E-state index in [0.29, 0.717) is 5.76 Å². The van der Waals surface area contributed by atoms with Gasteiger partial charge in [0.25, 0.3) is 0 Å². The normalized spacial score (nSPS) is 11.2. The van der Waals surface area contributed by atoms with E-state index in [-0.39, 0.29) is 11.9 Å². The molecule has 1 heterocycles. The van der Waals surface area contributed by atoms with Gasteiger partial charge in [-0.15, -0.1) is 0 Å². The Kier molecular flexibility index (Phi) is 5.43. The average molecular weight is 383 g/mol. The maximum absolute atomic E-state index is 12.6. The summed E-state index contributed by atoms with van der Waals surface area (Å²) >= 11 is 0. The lowest BCUT2D eigenvalue weighted by molar-refractivity contribution is -0.116. The van der Waals surface area contributed by atoms with Gasteiger partial charge in [-0.3, -0.25) is 4.79 Å². The van der Waals surface area contributed by atoms with Gasteiger partial charge < -0.3 is 14.5 Å². The molecule has 3 aromatic carbocycles. The van der Waals surface area contributed by atoms with Crippen molar-refractivity contribution >= 4 is 23.0 Å². The van der Waals surface area contributed by atoms with Crippen molar-refractivity contribution in [1.82, 2.24) is 5.32 Å². The van der Waals surface area contributed by atoms with E-state index in [1.165, 1.54) is 6.08 Å². The monoisotopic (exact) mass is 383 g/mol. The van der Waals surface area contributed by atoms with Crippen molar-refractivity contribution in [2.75, 3.05) is 7.11 Å². The smallest absolute Gasteiger partial charge is 0.244 e. The molecule has 0 atom stereocenters. The van der Waals surface area contributed by atoms with E-state index in [2.05, 4.69) is 5.32 Å². The highest BCUT2D eigenvalue weighted by atomic mass is 16.5. The van der Waals surface area contributed by atoms with Crippen LogP contribution < -0.4 is 10.1 Å². The van der Waals surface area contributed by atoms with Gasteiger partial charge in [-0.05, 0) is 41.5 Å². The van der Waals surface area contributed by atoms with Crippen LogP contribution in [0.3, 0.4) is 0 Å². The first-order chi connectivity index (χ1) is 14.2. The van der Waals surface area contributed by atoms with Crippen molar-refractivity contribution in [3.8, 4) is 5.75 Å². The minimum Gasteiger partial charge on any atom is -0.497 e. The zero-order chi connectivity index (χ0) is 20.1. The maximum Gasteiger partial charge on any atom is 0.244 e. The SMILES string of the molecule is COc1ccc2oc(/C=C/C(=O)NC(c3ccccc3)c3ccccc3)cc2c1. The second kappa shape index (κ2) is 8.48. The summed E-state index contributed by atoms with van der Waals surface area (Å²) < 4.78 is 11.0. The Balaban J connectivity index is 1.53. The molecule has 0 aliphatic carbocycles. The second-order valence-corrected chi connectivity index (χ2v) is 6.65. The Morgan fingerprint density at radius 1 is 0.931 bits per heavy atom. The number of furan rings is 1. The number of carbonyl (C=O) groups excluding carboxylic acids is 1. The number of ether oxygens (including phenoxy) is 1. The Morgan fingerprint density at radius 3 is 2.21 bits per heavy atom. The average Bonchev–Trinajstić information content (AvgIpc) is 3.19. The standard InChI is InChI=1S/C25H21NO3/c1-28-21-12-14-23-20(16-21)17-22(29-23)13-15-24(27)26-25(18-8-4-2-5-9-18)19-10-6-3-7-11-19/h2-17,25H,1H3,(H,26,27)/b15-13+. The molecule has 29 heavy (non-hydrogen) atoms. The van der Waals surface area contributed by atoms with Gasteiger partial charge in [0.15, 0.2) is 0 Å². The number of methoxy groups -OCH3 is 1. The summed E-state index contributed by atoms with van der Waals surface area (Å²) in [4.78, 5) is 12.6. The lowest BCUT2D eigenvalue weighted by Crippen LogP contribution is -2.27. The van der Waals surface area contributed by atoms with E-state index in [1.807, 2.05) is 84.9 Å². The first-order valence-corrected chi connectivity index (χ1v) is 9.39. The van der Waals surface area contributed by atoms with Crippen LogP contribution in [-0.2, 0) is 4.79 Å². The van der Waals surface area contributed by atoms with Crippen LogP contribution in [0.25, 0.3) is 17.0 Å². The molecule has 0 saturated heterocycles. The van der Waals surface area contributed by atoms with E-state index in [1.54, 1.807) is 13.2 Å². The summed E-state index contributed by atoms with van der Waals surface area (Å²) in [5.41, 5.74) is 2.80. The van der Waals surface area contributed by atoms with Gasteiger partial charge in [0, 0.05) is 11.5 Å². The van der Waals surface area contributed by atoms with Gasteiger partial charge in [-0.1, -0.05) is 60.7 Å². The predicted molar refractivity (Wildman–Crippen MR) is 115 cm³/mol. The zero-order valence-electron chi connectivity index (χ0n) is 16.0. The number of benzene rings is 3. The van der Waals surface area contributed by atoms with Crippen LogP contribution in [0.2, 0.25) is 0 Å². The molecular weight excluding hydrogens is 362 g/mol. The summed E-state index contributed by atoms with van der Waals surface area (Å²) in [6.45, 7) is 0. The van der Waals surface area contributed by atoms with Crippen LogP contribution >= 0.6 is 0 Å². The molecule has 0 aliphatic rings. The van der Waals surface area contributed by atoms with Crippen molar-refractivity contribution < 1.29 is 13.9 Å². The van der Waals surface area contributed by atoms with E-state index >= 15 is 0 Å². The summed E-state index contributed by atoms with van der Waals surface area (Å²) in [5, 5.41) is 4.01. The molecule has 0 spiro atoms. The van der Waals surface area contributed by atoms with E-state index < -0.39 is 0 Å². The largest absolute Gasteiger partial charge is 0.497 e. The zero-order valence-corrected chi connectivity index (χ0v) is 16.0. The Bertz CT molecular complexity index is 1090. The number of nitrogens with one attached hydrogen (secondary N) is 1. The van der Waals surface area contributed by atoms with Gasteiger partial charge in [0.2, 0.25) is 5.91 Å². The molecule has 4 aromatic rings. The molecule has 1 amide bonds. The number of fused-ring (bicyclic) bond motifs is 1. The number of carbonyl (C=O) groups is 1. The fourth-order valence-corrected chi connectivity index (χ4v) is 3.25. The number of hydrogen-bond acceptors (Lipinski definition) is 3. The third kappa shape index (κ3) is 4.38. The van der Waals surface area contributed by atoms with Crippen LogP contribution in [0.1, 0.15) is 22.9 Å². The second-order valence-electron chi connectivity index (χ2n) is 6.65. The summed E-state index contributed by atoms with van der Waals surface area (Å²) in [6, 6.07) is 27.1. The van der Waals surface area contributed by atoms with Crippen molar-refractivity contribution in [1.29, 1.82) is 0 Å². The number of hydrogen-bond donors (Lipinski definition) is 1. The van der Waals surface area contributed by atoms with Crippen molar-refractivity contribution in [3.05, 3.63) is 108 Å². The molecule has 4 nitrogen and oxygen atoms in total. The van der Waals surface area contributed by atoms with Crippen LogP contribution in [-0.4, -0.2) is 13.0 Å². The minimum absolute atomic E-state index is 0.194. The Labute approximate surface area is 169 Å². The molecule has 0 radical (unpaired) electrons. The quantitative estimate of drug-likeness (QED) is 0.456. The van der Waals surface area contributed by atoms with Crippen LogP contribution in [0, 0.1) is 0 Å². The summed E-state index contributed by atoms with van der Waals surface area (Å²) in [6.07, 6.45) is 3.17. The van der Waals surface area contributed by atoms with Gasteiger partial charge in [-0.2, -0.15) is 0 Å². The maximum atomic E-state index is 12.6. The lowest BCUT2D eigenvalue weighted by atomic mass is 9.99. The fourth-order valence-electron chi connectivity index (χ4n) is 3.25. The van der Waals surface area contributed by atoms with Crippen LogP contribution in [0.15, 0.2) is 95.4 Å². The lowest BCUT2D eigenvalue weighted by Gasteiger charge is -2.19. The molecule has 1 aromatic heterocycles. The Hall–Kier alpha value is -3.79. The van der Waals surface area contributed by atoms with E-state index in [9.17, 15) is 4.79 Å². The highest BCUT2D eigenvalue weighted by Gasteiger charge is 2.15. The molecule has 1 N–H and O–H groups in total. The van der Waals surface area contributed by atoms with Gasteiger partial charge in [-0.25, -0.2) is 0 Å². The van der Waals surface area contributed by atoms with E-state index in [0.717, 1.165) is 27.8 Å². The molecule has 0 bridgehead atoms. The van der Waals surface area contributed by atoms with Gasteiger partial charge >= 0.3 is 0 Å². The van der Waals surface area contributed by atoms with E-state index in [4.69, 9.17) is 9.15 Å².